The van der Waals surface area contributed by atoms with Crippen LogP contribution in [0.4, 0.5) is 9.18 Å². The van der Waals surface area contributed by atoms with Gasteiger partial charge in [0, 0.05) is 23.2 Å². The Hall–Kier alpha value is -2.32. The van der Waals surface area contributed by atoms with Crippen molar-refractivity contribution in [1.82, 2.24) is 10.2 Å². The summed E-state index contributed by atoms with van der Waals surface area (Å²) in [5.41, 5.74) is 0.429. The fourth-order valence-electron chi connectivity index (χ4n) is 2.45. The maximum Gasteiger partial charge on any atom is 0.339 e. The quantitative estimate of drug-likeness (QED) is 0.671. The molecule has 9 heteroatoms. The van der Waals surface area contributed by atoms with Crippen molar-refractivity contribution in [2.24, 2.45) is 0 Å². The number of benzene rings is 2. The molecule has 0 fully saturated rings. The van der Waals surface area contributed by atoms with Crippen molar-refractivity contribution in [3.8, 4) is 5.75 Å². The Morgan fingerprint density at radius 1 is 1.21 bits per heavy atom. The molecule has 0 aliphatic heterocycles. The third kappa shape index (κ3) is 5.59. The van der Waals surface area contributed by atoms with E-state index in [1.165, 1.54) is 17.0 Å². The van der Waals surface area contributed by atoms with Gasteiger partial charge in [-0.2, -0.15) is 8.42 Å². The molecule has 6 nitrogen and oxygen atoms in total. The predicted octanol–water partition coefficient (Wildman–Crippen LogP) is 4.19. The van der Waals surface area contributed by atoms with Crippen LogP contribution in [-0.2, 0) is 16.7 Å². The highest BCUT2D eigenvalue weighted by molar-refractivity contribution is 7.87. The summed E-state index contributed by atoms with van der Waals surface area (Å²) in [6.45, 7) is 6.04. The summed E-state index contributed by atoms with van der Waals surface area (Å²) in [5, 5.41) is 3.10. The monoisotopic (exact) mass is 428 g/mol. The maximum absolute atomic E-state index is 13.1. The molecule has 2 rings (SSSR count). The Bertz CT molecular complexity index is 933. The van der Waals surface area contributed by atoms with Gasteiger partial charge < -0.3 is 14.4 Å². The van der Waals surface area contributed by atoms with E-state index in [9.17, 15) is 17.6 Å². The summed E-state index contributed by atoms with van der Waals surface area (Å²) in [6, 6.07) is 8.35. The van der Waals surface area contributed by atoms with Crippen molar-refractivity contribution in [3.63, 3.8) is 0 Å². The third-order valence-corrected chi connectivity index (χ3v) is 5.36. The first-order chi connectivity index (χ1) is 13.1. The Morgan fingerprint density at radius 2 is 1.86 bits per heavy atom. The summed E-state index contributed by atoms with van der Waals surface area (Å²) in [6.07, 6.45) is 0. The van der Waals surface area contributed by atoms with Crippen molar-refractivity contribution >= 4 is 27.8 Å². The minimum absolute atomic E-state index is 0.0451. The van der Waals surface area contributed by atoms with E-state index in [0.29, 0.717) is 17.1 Å². The van der Waals surface area contributed by atoms with E-state index >= 15 is 0 Å². The fourth-order valence-corrected chi connectivity index (χ4v) is 3.60. The van der Waals surface area contributed by atoms with Crippen molar-refractivity contribution in [3.05, 3.63) is 58.9 Å². The van der Waals surface area contributed by atoms with Gasteiger partial charge in [0.15, 0.2) is 0 Å². The van der Waals surface area contributed by atoms with Gasteiger partial charge in [0.25, 0.3) is 0 Å². The molecule has 0 spiro atoms. The number of halogens is 2. The normalized spacial score (nSPS) is 11.4. The number of hydrogen-bond donors (Lipinski definition) is 1. The first-order valence-corrected chi connectivity index (χ1v) is 10.5. The topological polar surface area (TPSA) is 75.7 Å². The van der Waals surface area contributed by atoms with Crippen LogP contribution in [0.1, 0.15) is 26.3 Å². The van der Waals surface area contributed by atoms with Crippen LogP contribution in [0.25, 0.3) is 0 Å². The molecule has 0 saturated carbocycles. The second-order valence-electron chi connectivity index (χ2n) is 6.30. The van der Waals surface area contributed by atoms with E-state index in [1.54, 1.807) is 13.0 Å². The highest BCUT2D eigenvalue weighted by Gasteiger charge is 2.22. The minimum atomic E-state index is -4.18. The van der Waals surface area contributed by atoms with Crippen LogP contribution in [0.2, 0.25) is 5.02 Å². The number of hydrogen-bond acceptors (Lipinski definition) is 4. The lowest BCUT2D eigenvalue weighted by Gasteiger charge is -2.27. The zero-order chi connectivity index (χ0) is 20.9. The molecule has 0 heterocycles. The molecule has 1 N–H and O–H groups in total. The zero-order valence-corrected chi connectivity index (χ0v) is 17.3. The summed E-state index contributed by atoms with van der Waals surface area (Å²) < 4.78 is 43.4. The Labute approximate surface area is 169 Å². The number of nitrogens with zero attached hydrogens (tertiary/aromatic N) is 1. The molecule has 28 heavy (non-hydrogen) atoms. The van der Waals surface area contributed by atoms with E-state index < -0.39 is 15.9 Å². The van der Waals surface area contributed by atoms with Gasteiger partial charge >= 0.3 is 16.1 Å². The van der Waals surface area contributed by atoms with Gasteiger partial charge in [0.1, 0.15) is 16.5 Å². The van der Waals surface area contributed by atoms with Crippen LogP contribution in [0.15, 0.2) is 47.4 Å². The molecule has 0 unspecified atom stereocenters. The number of carbonyl (C=O) groups is 1. The number of nitrogens with one attached hydrogen (secondary N) is 1. The van der Waals surface area contributed by atoms with Crippen LogP contribution in [0.3, 0.4) is 0 Å². The second-order valence-corrected chi connectivity index (χ2v) is 8.28. The summed E-state index contributed by atoms with van der Waals surface area (Å²) in [5.74, 6) is -0.510. The lowest BCUT2D eigenvalue weighted by molar-refractivity contribution is 0.180. The molecular weight excluding hydrogens is 407 g/mol. The first kappa shape index (κ1) is 22.0. The lowest BCUT2D eigenvalue weighted by atomic mass is 10.1. The first-order valence-electron chi connectivity index (χ1n) is 8.67. The highest BCUT2D eigenvalue weighted by Crippen LogP contribution is 2.28. The molecule has 2 aromatic rings. The van der Waals surface area contributed by atoms with Crippen LogP contribution in [0, 0.1) is 5.82 Å². The summed E-state index contributed by atoms with van der Waals surface area (Å²) >= 11 is 6.06. The molecule has 2 amide bonds. The molecule has 2 aromatic carbocycles. The van der Waals surface area contributed by atoms with Crippen LogP contribution in [-0.4, -0.2) is 31.9 Å². The van der Waals surface area contributed by atoms with Gasteiger partial charge in [0.05, 0.1) is 6.54 Å². The molecule has 0 aliphatic rings. The number of rotatable bonds is 7. The standard InChI is InChI=1S/C19H22ClFN2O4S/c1-4-22-19(24)23(13(2)3)12-14-11-15(20)5-10-18(14)27-28(25,26)17-8-6-16(21)7-9-17/h5-11,13H,4,12H2,1-3H3,(H,22,24). The number of urea groups is 1. The van der Waals surface area contributed by atoms with Gasteiger partial charge in [-0.3, -0.25) is 0 Å². The van der Waals surface area contributed by atoms with Gasteiger partial charge in [0.2, 0.25) is 0 Å². The van der Waals surface area contributed by atoms with Crippen molar-refractivity contribution in [1.29, 1.82) is 0 Å². The van der Waals surface area contributed by atoms with Gasteiger partial charge in [-0.25, -0.2) is 9.18 Å². The van der Waals surface area contributed by atoms with Gasteiger partial charge in [-0.05, 0) is 63.2 Å². The molecule has 0 aliphatic carbocycles. The van der Waals surface area contributed by atoms with Gasteiger partial charge in [-0.15, -0.1) is 0 Å². The van der Waals surface area contributed by atoms with Crippen LogP contribution >= 0.6 is 11.6 Å². The highest BCUT2D eigenvalue weighted by atomic mass is 35.5. The lowest BCUT2D eigenvalue weighted by Crippen LogP contribution is -2.43. The van der Waals surface area contributed by atoms with Crippen LogP contribution in [0.5, 0.6) is 5.75 Å². The molecule has 0 aromatic heterocycles. The van der Waals surface area contributed by atoms with Crippen molar-refractivity contribution in [2.75, 3.05) is 6.54 Å². The van der Waals surface area contributed by atoms with Crippen LogP contribution < -0.4 is 9.50 Å². The molecule has 0 atom stereocenters. The molecular formula is C19H22ClFN2O4S. The second kappa shape index (κ2) is 9.25. The van der Waals surface area contributed by atoms with E-state index in [-0.39, 0.29) is 29.3 Å². The minimum Gasteiger partial charge on any atom is -0.379 e. The Balaban J connectivity index is 2.36. The molecule has 0 saturated heterocycles. The smallest absolute Gasteiger partial charge is 0.339 e. The summed E-state index contributed by atoms with van der Waals surface area (Å²) in [4.78, 5) is 13.7. The fraction of sp³-hybridized carbons (Fsp3) is 0.316. The Morgan fingerprint density at radius 3 is 2.43 bits per heavy atom. The molecule has 152 valence electrons. The average Bonchev–Trinajstić information content (AvgIpc) is 2.61. The van der Waals surface area contributed by atoms with E-state index in [1.807, 2.05) is 13.8 Å². The zero-order valence-electron chi connectivity index (χ0n) is 15.8. The molecule has 0 bridgehead atoms. The predicted molar refractivity (Wildman–Crippen MR) is 105 cm³/mol. The number of carbonyl (C=O) groups excluding carboxylic acids is 1. The van der Waals surface area contributed by atoms with E-state index in [4.69, 9.17) is 15.8 Å². The largest absolute Gasteiger partial charge is 0.379 e. The van der Waals surface area contributed by atoms with Crippen molar-refractivity contribution < 1.29 is 21.8 Å². The Kier molecular flexibility index (Phi) is 7.26. The van der Waals surface area contributed by atoms with E-state index in [2.05, 4.69) is 5.32 Å². The number of amides is 2. The average molecular weight is 429 g/mol. The van der Waals surface area contributed by atoms with Crippen molar-refractivity contribution in [2.45, 2.75) is 38.3 Å². The maximum atomic E-state index is 13.1. The molecule has 0 radical (unpaired) electrons. The summed E-state index contributed by atoms with van der Waals surface area (Å²) in [7, 11) is -4.18. The van der Waals surface area contributed by atoms with E-state index in [0.717, 1.165) is 24.3 Å². The SMILES string of the molecule is CCNC(=O)N(Cc1cc(Cl)ccc1OS(=O)(=O)c1ccc(F)cc1)C(C)C. The van der Waals surface area contributed by atoms with Gasteiger partial charge in [-0.1, -0.05) is 11.6 Å². The third-order valence-electron chi connectivity index (χ3n) is 3.88.